The van der Waals surface area contributed by atoms with E-state index in [1.807, 2.05) is 25.1 Å². The molecule has 0 spiro atoms. The minimum Gasteiger partial charge on any atom is -0.397 e. The van der Waals surface area contributed by atoms with Crippen molar-refractivity contribution in [2.45, 2.75) is 6.92 Å². The van der Waals surface area contributed by atoms with Crippen LogP contribution in [-0.4, -0.2) is 0 Å². The molecular formula is C13H11BrClFN2. The smallest absolute Gasteiger partial charge is 0.139 e. The Morgan fingerprint density at radius 3 is 2.61 bits per heavy atom. The molecule has 0 bridgehead atoms. The Labute approximate surface area is 118 Å². The highest BCUT2D eigenvalue weighted by Gasteiger charge is 2.08. The van der Waals surface area contributed by atoms with Gasteiger partial charge in [0, 0.05) is 6.07 Å². The minimum absolute atomic E-state index is 0.326. The molecule has 0 amide bonds. The first-order valence-electron chi connectivity index (χ1n) is 5.25. The fourth-order valence-corrected chi connectivity index (χ4v) is 2.16. The van der Waals surface area contributed by atoms with Gasteiger partial charge in [0.15, 0.2) is 0 Å². The Kier molecular flexibility index (Phi) is 3.78. The Bertz CT molecular complexity index is 602. The lowest BCUT2D eigenvalue weighted by molar-refractivity contribution is 0.622. The van der Waals surface area contributed by atoms with Crippen LogP contribution in [0.2, 0.25) is 5.02 Å². The zero-order valence-electron chi connectivity index (χ0n) is 9.60. The SMILES string of the molecule is Cc1ccc(Nc2cc(Br)c(F)cc2N)c(Cl)c1. The molecule has 0 aliphatic rings. The number of nitrogens with one attached hydrogen (secondary N) is 1. The van der Waals surface area contributed by atoms with Crippen molar-refractivity contribution in [3.05, 3.63) is 51.2 Å². The van der Waals surface area contributed by atoms with Gasteiger partial charge in [0.25, 0.3) is 0 Å². The molecule has 2 nitrogen and oxygen atoms in total. The quantitative estimate of drug-likeness (QED) is 0.771. The molecule has 2 aromatic carbocycles. The van der Waals surface area contributed by atoms with E-state index in [0.29, 0.717) is 20.9 Å². The lowest BCUT2D eigenvalue weighted by Gasteiger charge is -2.12. The maximum atomic E-state index is 13.2. The van der Waals surface area contributed by atoms with Crippen LogP contribution >= 0.6 is 27.5 Å². The summed E-state index contributed by atoms with van der Waals surface area (Å²) in [5.41, 5.74) is 8.48. The van der Waals surface area contributed by atoms with E-state index < -0.39 is 5.82 Å². The third-order valence-corrected chi connectivity index (χ3v) is 3.41. The van der Waals surface area contributed by atoms with Crippen LogP contribution in [0, 0.1) is 12.7 Å². The monoisotopic (exact) mass is 328 g/mol. The number of nitrogens with two attached hydrogens (primary N) is 1. The van der Waals surface area contributed by atoms with Crippen LogP contribution in [0.3, 0.4) is 0 Å². The molecule has 18 heavy (non-hydrogen) atoms. The summed E-state index contributed by atoms with van der Waals surface area (Å²) in [4.78, 5) is 0. The van der Waals surface area contributed by atoms with E-state index in [2.05, 4.69) is 21.2 Å². The second-order valence-corrected chi connectivity index (χ2v) is 5.22. The van der Waals surface area contributed by atoms with Crippen LogP contribution in [0.15, 0.2) is 34.8 Å². The van der Waals surface area contributed by atoms with Gasteiger partial charge in [-0.1, -0.05) is 17.7 Å². The van der Waals surface area contributed by atoms with Crippen molar-refractivity contribution in [3.8, 4) is 0 Å². The standard InChI is InChI=1S/C13H11BrClFN2/c1-7-2-3-12(9(15)4-7)18-13-5-8(14)10(16)6-11(13)17/h2-6,18H,17H2,1H3. The number of anilines is 3. The molecule has 3 N–H and O–H groups in total. The molecule has 0 unspecified atom stereocenters. The van der Waals surface area contributed by atoms with Crippen molar-refractivity contribution in [3.63, 3.8) is 0 Å². The van der Waals surface area contributed by atoms with Gasteiger partial charge in [0.05, 0.1) is 26.6 Å². The van der Waals surface area contributed by atoms with E-state index in [1.165, 1.54) is 6.07 Å². The summed E-state index contributed by atoms with van der Waals surface area (Å²) in [6.07, 6.45) is 0. The highest BCUT2D eigenvalue weighted by Crippen LogP contribution is 2.32. The number of benzene rings is 2. The zero-order chi connectivity index (χ0) is 13.3. The number of aryl methyl sites for hydroxylation is 1. The maximum absolute atomic E-state index is 13.2. The van der Waals surface area contributed by atoms with Crippen molar-refractivity contribution in [2.24, 2.45) is 0 Å². The van der Waals surface area contributed by atoms with Gasteiger partial charge in [-0.2, -0.15) is 0 Å². The third-order valence-electron chi connectivity index (χ3n) is 2.49. The Balaban J connectivity index is 2.37. The van der Waals surface area contributed by atoms with E-state index in [-0.39, 0.29) is 0 Å². The van der Waals surface area contributed by atoms with Gasteiger partial charge in [0.1, 0.15) is 5.82 Å². The number of rotatable bonds is 2. The van der Waals surface area contributed by atoms with Crippen molar-refractivity contribution in [2.75, 3.05) is 11.1 Å². The summed E-state index contributed by atoms with van der Waals surface area (Å²) >= 11 is 9.23. The van der Waals surface area contributed by atoms with Crippen molar-refractivity contribution in [1.82, 2.24) is 0 Å². The first kappa shape index (κ1) is 13.2. The second kappa shape index (κ2) is 5.16. The number of hydrogen-bond acceptors (Lipinski definition) is 2. The van der Waals surface area contributed by atoms with Gasteiger partial charge in [-0.25, -0.2) is 4.39 Å². The fourth-order valence-electron chi connectivity index (χ4n) is 1.54. The maximum Gasteiger partial charge on any atom is 0.139 e. The highest BCUT2D eigenvalue weighted by molar-refractivity contribution is 9.10. The Morgan fingerprint density at radius 1 is 1.22 bits per heavy atom. The molecule has 2 rings (SSSR count). The van der Waals surface area contributed by atoms with Crippen LogP contribution in [0.25, 0.3) is 0 Å². The average molecular weight is 330 g/mol. The number of halogens is 3. The van der Waals surface area contributed by atoms with E-state index in [0.717, 1.165) is 11.3 Å². The zero-order valence-corrected chi connectivity index (χ0v) is 11.9. The van der Waals surface area contributed by atoms with E-state index in [4.69, 9.17) is 17.3 Å². The van der Waals surface area contributed by atoms with Gasteiger partial charge >= 0.3 is 0 Å². The first-order chi connectivity index (χ1) is 8.47. The normalized spacial score (nSPS) is 10.4. The van der Waals surface area contributed by atoms with Crippen LogP contribution in [-0.2, 0) is 0 Å². The Hall–Kier alpha value is -1.26. The third kappa shape index (κ3) is 2.76. The van der Waals surface area contributed by atoms with Crippen LogP contribution in [0.4, 0.5) is 21.5 Å². The molecule has 0 saturated heterocycles. The molecule has 0 atom stereocenters. The molecule has 0 aromatic heterocycles. The van der Waals surface area contributed by atoms with Crippen molar-refractivity contribution >= 4 is 44.6 Å². The number of hydrogen-bond donors (Lipinski definition) is 2. The van der Waals surface area contributed by atoms with Crippen LogP contribution < -0.4 is 11.1 Å². The summed E-state index contributed by atoms with van der Waals surface area (Å²) in [5.74, 6) is -0.395. The summed E-state index contributed by atoms with van der Waals surface area (Å²) in [6.45, 7) is 1.96. The molecular weight excluding hydrogens is 319 g/mol. The molecule has 0 fully saturated rings. The van der Waals surface area contributed by atoms with E-state index >= 15 is 0 Å². The minimum atomic E-state index is -0.395. The molecule has 0 aliphatic carbocycles. The molecule has 5 heteroatoms. The lowest BCUT2D eigenvalue weighted by Crippen LogP contribution is -1.98. The van der Waals surface area contributed by atoms with Crippen LogP contribution in [0.5, 0.6) is 0 Å². The van der Waals surface area contributed by atoms with Gasteiger partial charge in [0.2, 0.25) is 0 Å². The molecule has 0 heterocycles. The van der Waals surface area contributed by atoms with E-state index in [9.17, 15) is 4.39 Å². The predicted octanol–water partition coefficient (Wildman–Crippen LogP) is 4.88. The molecule has 0 saturated carbocycles. The summed E-state index contributed by atoms with van der Waals surface area (Å²) in [5, 5.41) is 3.67. The largest absolute Gasteiger partial charge is 0.397 e. The number of nitrogen functional groups attached to an aromatic ring is 1. The highest BCUT2D eigenvalue weighted by atomic mass is 79.9. The summed E-state index contributed by atoms with van der Waals surface area (Å²) in [7, 11) is 0. The predicted molar refractivity (Wildman–Crippen MR) is 78.0 cm³/mol. The summed E-state index contributed by atoms with van der Waals surface area (Å²) in [6, 6.07) is 8.48. The molecule has 94 valence electrons. The topological polar surface area (TPSA) is 38.0 Å². The summed E-state index contributed by atoms with van der Waals surface area (Å²) < 4.78 is 13.6. The molecule has 2 aromatic rings. The Morgan fingerprint density at radius 2 is 1.94 bits per heavy atom. The average Bonchev–Trinajstić information content (AvgIpc) is 2.29. The van der Waals surface area contributed by atoms with Crippen molar-refractivity contribution < 1.29 is 4.39 Å². The molecule has 0 aliphatic heterocycles. The van der Waals surface area contributed by atoms with Crippen LogP contribution in [0.1, 0.15) is 5.56 Å². The fraction of sp³-hybridized carbons (Fsp3) is 0.0769. The lowest BCUT2D eigenvalue weighted by atomic mass is 10.2. The van der Waals surface area contributed by atoms with Gasteiger partial charge in [-0.3, -0.25) is 0 Å². The van der Waals surface area contributed by atoms with Crippen molar-refractivity contribution in [1.29, 1.82) is 0 Å². The second-order valence-electron chi connectivity index (χ2n) is 3.96. The van der Waals surface area contributed by atoms with Gasteiger partial charge < -0.3 is 11.1 Å². The van der Waals surface area contributed by atoms with Gasteiger partial charge in [-0.15, -0.1) is 0 Å². The molecule has 0 radical (unpaired) electrons. The van der Waals surface area contributed by atoms with Gasteiger partial charge in [-0.05, 0) is 46.6 Å². The van der Waals surface area contributed by atoms with E-state index in [1.54, 1.807) is 6.07 Å². The first-order valence-corrected chi connectivity index (χ1v) is 6.42.